The highest BCUT2D eigenvalue weighted by Crippen LogP contribution is 2.20. The largest absolute Gasteiger partial charge is 0.449 e. The second-order valence-corrected chi connectivity index (χ2v) is 7.13. The minimum Gasteiger partial charge on any atom is -0.449 e. The Labute approximate surface area is 169 Å². The Morgan fingerprint density at radius 2 is 1.55 bits per heavy atom. The van der Waals surface area contributed by atoms with Gasteiger partial charge in [0.15, 0.2) is 0 Å². The lowest BCUT2D eigenvalue weighted by atomic mass is 10.1. The minimum atomic E-state index is -0.844. The molecule has 2 saturated heterocycles. The third-order valence-corrected chi connectivity index (χ3v) is 5.09. The smallest absolute Gasteiger partial charge is 0.426 e. The van der Waals surface area contributed by atoms with E-state index in [1.165, 1.54) is 16.7 Å². The molecule has 0 aromatic carbocycles. The fourth-order valence-corrected chi connectivity index (χ4v) is 3.70. The first-order chi connectivity index (χ1) is 13.8. The molecule has 0 spiro atoms. The van der Waals surface area contributed by atoms with Gasteiger partial charge in [-0.25, -0.2) is 10.2 Å². The number of ether oxygens (including phenoxy) is 1. The van der Waals surface area contributed by atoms with Crippen LogP contribution in [0.15, 0.2) is 0 Å². The summed E-state index contributed by atoms with van der Waals surface area (Å²) in [6, 6.07) is -2.17. The number of likely N-dealkylation sites (tertiary alicyclic amines) is 2. The van der Waals surface area contributed by atoms with Gasteiger partial charge in [-0.15, -0.1) is 0 Å². The maximum atomic E-state index is 12.8. The number of carbonyl (C=O) groups is 5. The van der Waals surface area contributed by atoms with Gasteiger partial charge in [0.05, 0.1) is 6.61 Å². The molecule has 2 heterocycles. The van der Waals surface area contributed by atoms with E-state index in [4.69, 9.17) is 0 Å². The van der Waals surface area contributed by atoms with Crippen molar-refractivity contribution >= 4 is 29.7 Å². The Hall–Kier alpha value is -2.85. The highest BCUT2D eigenvalue weighted by atomic mass is 16.6. The number of nitrogens with zero attached hydrogens (tertiary/aromatic N) is 2. The Kier molecular flexibility index (Phi) is 7.80. The van der Waals surface area contributed by atoms with Gasteiger partial charge in [0.1, 0.15) is 18.1 Å². The first-order valence-electron chi connectivity index (χ1n) is 9.87. The topological polar surface area (TPSA) is 137 Å². The Bertz CT molecular complexity index is 669. The van der Waals surface area contributed by atoms with Crippen LogP contribution in [0.25, 0.3) is 0 Å². The van der Waals surface area contributed by atoms with Crippen molar-refractivity contribution in [3.05, 3.63) is 0 Å². The van der Waals surface area contributed by atoms with Gasteiger partial charge < -0.3 is 19.9 Å². The molecule has 0 bridgehead atoms. The molecule has 3 N–H and O–H groups in total. The highest BCUT2D eigenvalue weighted by molar-refractivity contribution is 5.94. The molecule has 0 aliphatic carbocycles. The van der Waals surface area contributed by atoms with Gasteiger partial charge in [0, 0.05) is 20.0 Å². The van der Waals surface area contributed by atoms with Gasteiger partial charge in [-0.2, -0.15) is 0 Å². The second-order valence-electron chi connectivity index (χ2n) is 7.13. The summed E-state index contributed by atoms with van der Waals surface area (Å²) in [4.78, 5) is 63.5. The zero-order chi connectivity index (χ0) is 21.6. The summed E-state index contributed by atoms with van der Waals surface area (Å²) in [7, 11) is 0. The van der Waals surface area contributed by atoms with Crippen molar-refractivity contribution in [3.63, 3.8) is 0 Å². The molecule has 0 radical (unpaired) electrons. The Balaban J connectivity index is 1.91. The molecule has 2 fully saturated rings. The van der Waals surface area contributed by atoms with Crippen LogP contribution >= 0.6 is 0 Å². The molecule has 2 rings (SSSR count). The van der Waals surface area contributed by atoms with Crippen molar-refractivity contribution < 1.29 is 28.7 Å². The lowest BCUT2D eigenvalue weighted by molar-refractivity contribution is -0.142. The highest BCUT2D eigenvalue weighted by Gasteiger charge is 2.38. The first kappa shape index (κ1) is 22.4. The van der Waals surface area contributed by atoms with Gasteiger partial charge >= 0.3 is 6.09 Å². The predicted molar refractivity (Wildman–Crippen MR) is 101 cm³/mol. The summed E-state index contributed by atoms with van der Waals surface area (Å²) in [5, 5.41) is 2.66. The van der Waals surface area contributed by atoms with Crippen LogP contribution in [0.4, 0.5) is 4.79 Å². The molecule has 0 saturated carbocycles. The van der Waals surface area contributed by atoms with E-state index in [1.54, 1.807) is 13.8 Å². The summed E-state index contributed by atoms with van der Waals surface area (Å²) in [5.74, 6) is -1.46. The lowest BCUT2D eigenvalue weighted by Crippen LogP contribution is -2.56. The number of rotatable bonds is 5. The van der Waals surface area contributed by atoms with Crippen LogP contribution in [0.2, 0.25) is 0 Å². The molecule has 3 atom stereocenters. The second kappa shape index (κ2) is 10.1. The van der Waals surface area contributed by atoms with E-state index < -0.39 is 30.1 Å². The van der Waals surface area contributed by atoms with Crippen molar-refractivity contribution in [2.24, 2.45) is 0 Å². The van der Waals surface area contributed by atoms with Crippen molar-refractivity contribution in [3.8, 4) is 0 Å². The maximum Gasteiger partial charge on any atom is 0.426 e. The fourth-order valence-electron chi connectivity index (χ4n) is 3.70. The van der Waals surface area contributed by atoms with Crippen LogP contribution in [0.5, 0.6) is 0 Å². The monoisotopic (exact) mass is 411 g/mol. The van der Waals surface area contributed by atoms with Crippen molar-refractivity contribution in [2.75, 3.05) is 19.7 Å². The normalized spacial score (nSPS) is 22.0. The van der Waals surface area contributed by atoms with E-state index >= 15 is 0 Å². The van der Waals surface area contributed by atoms with E-state index in [1.807, 2.05) is 0 Å². The van der Waals surface area contributed by atoms with Crippen LogP contribution in [0, 0.1) is 0 Å². The van der Waals surface area contributed by atoms with Crippen molar-refractivity contribution in [1.82, 2.24) is 26.0 Å². The molecule has 0 aromatic rings. The van der Waals surface area contributed by atoms with E-state index in [0.29, 0.717) is 32.4 Å². The van der Waals surface area contributed by atoms with Gasteiger partial charge in [-0.3, -0.25) is 24.6 Å². The third kappa shape index (κ3) is 5.58. The summed E-state index contributed by atoms with van der Waals surface area (Å²) < 4.78 is 4.66. The molecule has 29 heavy (non-hydrogen) atoms. The van der Waals surface area contributed by atoms with Crippen molar-refractivity contribution in [1.29, 1.82) is 0 Å². The van der Waals surface area contributed by atoms with E-state index in [9.17, 15) is 24.0 Å². The van der Waals surface area contributed by atoms with Crippen LogP contribution in [0.1, 0.15) is 46.5 Å². The molecular weight excluding hydrogens is 382 g/mol. The molecule has 2 aliphatic rings. The lowest BCUT2D eigenvalue weighted by Gasteiger charge is -2.28. The molecule has 162 valence electrons. The maximum absolute atomic E-state index is 12.8. The third-order valence-electron chi connectivity index (χ3n) is 5.09. The SMILES string of the molecule is CCOC(=O)NNC(=O)[C@@H]1CCCN1C(=O)[C@H](C)NC(=O)[C@@H]1CCCN1C(C)=O. The summed E-state index contributed by atoms with van der Waals surface area (Å²) in [6.07, 6.45) is 1.58. The van der Waals surface area contributed by atoms with E-state index in [-0.39, 0.29) is 24.3 Å². The zero-order valence-electron chi connectivity index (χ0n) is 17.0. The van der Waals surface area contributed by atoms with Crippen LogP contribution in [-0.4, -0.2) is 77.3 Å². The fraction of sp³-hybridized carbons (Fsp3) is 0.722. The number of hydrogen-bond donors (Lipinski definition) is 3. The molecule has 0 unspecified atom stereocenters. The first-order valence-corrected chi connectivity index (χ1v) is 9.87. The number of hydrazine groups is 1. The van der Waals surface area contributed by atoms with Crippen molar-refractivity contribution in [2.45, 2.75) is 64.6 Å². The quantitative estimate of drug-likeness (QED) is 0.510. The molecule has 11 heteroatoms. The average Bonchev–Trinajstić information content (AvgIpc) is 3.35. The van der Waals surface area contributed by atoms with Gasteiger partial charge in [0.25, 0.3) is 5.91 Å². The van der Waals surface area contributed by atoms with Gasteiger partial charge in [-0.05, 0) is 39.5 Å². The molecule has 11 nitrogen and oxygen atoms in total. The summed E-state index contributed by atoms with van der Waals surface area (Å²) in [6.45, 7) is 5.66. The number of nitrogens with one attached hydrogen (secondary N) is 3. The van der Waals surface area contributed by atoms with E-state index in [0.717, 1.165) is 6.42 Å². The van der Waals surface area contributed by atoms with Gasteiger partial charge in [0.2, 0.25) is 17.7 Å². The standard InChI is InChI=1S/C18H29N5O6/c1-4-29-18(28)21-20-16(26)14-8-6-10-23(14)17(27)11(2)19-15(25)13-7-5-9-22(13)12(3)24/h11,13-14H,4-10H2,1-3H3,(H,19,25)(H,20,26)(H,21,28)/t11-,13-,14-/m0/s1. The molecule has 0 aromatic heterocycles. The summed E-state index contributed by atoms with van der Waals surface area (Å²) >= 11 is 0. The Morgan fingerprint density at radius 1 is 0.966 bits per heavy atom. The zero-order valence-corrected chi connectivity index (χ0v) is 17.0. The Morgan fingerprint density at radius 3 is 2.14 bits per heavy atom. The van der Waals surface area contributed by atoms with Crippen LogP contribution in [-0.2, 0) is 23.9 Å². The summed E-state index contributed by atoms with van der Waals surface area (Å²) in [5.41, 5.74) is 4.38. The van der Waals surface area contributed by atoms with E-state index in [2.05, 4.69) is 20.9 Å². The number of carbonyl (C=O) groups excluding carboxylic acids is 5. The number of hydrogen-bond acceptors (Lipinski definition) is 6. The molecular formula is C18H29N5O6. The molecule has 5 amide bonds. The van der Waals surface area contributed by atoms with Crippen LogP contribution in [0.3, 0.4) is 0 Å². The van der Waals surface area contributed by atoms with Gasteiger partial charge in [-0.1, -0.05) is 0 Å². The van der Waals surface area contributed by atoms with Crippen LogP contribution < -0.4 is 16.2 Å². The number of amides is 5. The average molecular weight is 411 g/mol. The predicted octanol–water partition coefficient (Wildman–Crippen LogP) is -0.730. The minimum absolute atomic E-state index is 0.162. The molecule has 2 aliphatic heterocycles.